The lowest BCUT2D eigenvalue weighted by molar-refractivity contribution is -0.163. The number of carbonyl (C=O) groups is 1. The number of hydrogen-bond acceptors (Lipinski definition) is 5. The molecule has 0 aliphatic carbocycles. The molecule has 1 fully saturated rings. The van der Waals surface area contributed by atoms with Gasteiger partial charge in [-0.25, -0.2) is 4.79 Å². The molecule has 1 heterocycles. The van der Waals surface area contributed by atoms with Gasteiger partial charge in [0.1, 0.15) is 5.75 Å². The van der Waals surface area contributed by atoms with Crippen LogP contribution in [0.5, 0.6) is 5.75 Å². The average molecular weight is 293 g/mol. The summed E-state index contributed by atoms with van der Waals surface area (Å²) in [5.41, 5.74) is 6.86. The van der Waals surface area contributed by atoms with Gasteiger partial charge in [0.25, 0.3) is 0 Å². The molecule has 1 atom stereocenters. The quantitative estimate of drug-likeness (QED) is 0.810. The van der Waals surface area contributed by atoms with Crippen molar-refractivity contribution >= 4 is 5.97 Å². The molecule has 1 aromatic carbocycles. The highest BCUT2D eigenvalue weighted by Gasteiger charge is 2.43. The van der Waals surface area contributed by atoms with Crippen LogP contribution in [0.2, 0.25) is 0 Å². The number of carbonyl (C=O) groups excluding carboxylic acids is 1. The minimum Gasteiger partial charge on any atom is -0.494 e. The molecule has 1 unspecified atom stereocenters. The first-order valence-corrected chi connectivity index (χ1v) is 7.32. The molecule has 0 amide bonds. The number of methoxy groups -OCH3 is 1. The predicted octanol–water partition coefficient (Wildman–Crippen LogP) is 1.81. The van der Waals surface area contributed by atoms with E-state index in [4.69, 9.17) is 19.9 Å². The van der Waals surface area contributed by atoms with Crippen LogP contribution in [0, 0.1) is 0 Å². The van der Waals surface area contributed by atoms with Crippen molar-refractivity contribution < 1.29 is 19.0 Å². The van der Waals surface area contributed by atoms with E-state index in [2.05, 4.69) is 0 Å². The molecule has 1 saturated heterocycles. The van der Waals surface area contributed by atoms with E-state index in [-0.39, 0.29) is 5.97 Å². The zero-order chi connectivity index (χ0) is 15.3. The Labute approximate surface area is 125 Å². The molecule has 5 heteroatoms. The Hall–Kier alpha value is -1.59. The minimum absolute atomic E-state index is 0.303. The molecule has 0 spiro atoms. The zero-order valence-corrected chi connectivity index (χ0v) is 12.7. The fourth-order valence-electron chi connectivity index (χ4n) is 2.78. The molecular formula is C16H23NO4. The fraction of sp³-hybridized carbons (Fsp3) is 0.562. The van der Waals surface area contributed by atoms with Gasteiger partial charge in [-0.3, -0.25) is 0 Å². The maximum atomic E-state index is 12.1. The molecule has 2 rings (SSSR count). The Morgan fingerprint density at radius 3 is 2.86 bits per heavy atom. The highest BCUT2D eigenvalue weighted by Crippen LogP contribution is 2.32. The topological polar surface area (TPSA) is 70.8 Å². The predicted molar refractivity (Wildman–Crippen MR) is 79.1 cm³/mol. The Balaban J connectivity index is 2.23. The van der Waals surface area contributed by atoms with Crippen LogP contribution >= 0.6 is 0 Å². The van der Waals surface area contributed by atoms with Crippen LogP contribution in [0.4, 0.5) is 0 Å². The van der Waals surface area contributed by atoms with E-state index in [1.807, 2.05) is 25.1 Å². The van der Waals surface area contributed by atoms with Gasteiger partial charge in [-0.1, -0.05) is 12.1 Å². The van der Waals surface area contributed by atoms with E-state index in [9.17, 15) is 4.79 Å². The number of hydrogen-bond donors (Lipinski definition) is 1. The summed E-state index contributed by atoms with van der Waals surface area (Å²) in [5, 5.41) is 0. The van der Waals surface area contributed by atoms with E-state index in [0.717, 1.165) is 23.3 Å². The van der Waals surface area contributed by atoms with Crippen molar-refractivity contribution in [1.82, 2.24) is 0 Å². The standard InChI is InChI=1S/C16H23NO4/c1-3-20-14-6-5-12(9-13(14)11-17)10-16(15(18)19-2)7-4-8-21-16/h5-6,9H,3-4,7-8,10-11,17H2,1-2H3. The van der Waals surface area contributed by atoms with Gasteiger partial charge in [-0.05, 0) is 31.4 Å². The van der Waals surface area contributed by atoms with Crippen LogP contribution in [0.3, 0.4) is 0 Å². The van der Waals surface area contributed by atoms with Crippen molar-refractivity contribution in [2.24, 2.45) is 5.73 Å². The molecule has 21 heavy (non-hydrogen) atoms. The highest BCUT2D eigenvalue weighted by atomic mass is 16.6. The highest BCUT2D eigenvalue weighted by molar-refractivity contribution is 5.80. The number of ether oxygens (including phenoxy) is 3. The van der Waals surface area contributed by atoms with Gasteiger partial charge in [-0.15, -0.1) is 0 Å². The summed E-state index contributed by atoms with van der Waals surface area (Å²) in [5.74, 6) is 0.492. The molecule has 0 saturated carbocycles. The van der Waals surface area contributed by atoms with Crippen molar-refractivity contribution in [3.05, 3.63) is 29.3 Å². The van der Waals surface area contributed by atoms with Crippen LogP contribution in [0.25, 0.3) is 0 Å². The summed E-state index contributed by atoms with van der Waals surface area (Å²) in [4.78, 5) is 12.1. The summed E-state index contributed by atoms with van der Waals surface area (Å²) in [7, 11) is 1.40. The average Bonchev–Trinajstić information content (AvgIpc) is 2.98. The summed E-state index contributed by atoms with van der Waals surface area (Å²) in [6.07, 6.45) is 2.06. The molecule has 116 valence electrons. The van der Waals surface area contributed by atoms with Crippen molar-refractivity contribution in [2.75, 3.05) is 20.3 Å². The van der Waals surface area contributed by atoms with Crippen molar-refractivity contribution in [1.29, 1.82) is 0 Å². The van der Waals surface area contributed by atoms with Crippen molar-refractivity contribution in [3.8, 4) is 5.75 Å². The van der Waals surface area contributed by atoms with Gasteiger partial charge in [-0.2, -0.15) is 0 Å². The summed E-state index contributed by atoms with van der Waals surface area (Å²) >= 11 is 0. The Kier molecular flexibility index (Phi) is 5.20. The third-order valence-electron chi connectivity index (χ3n) is 3.80. The first-order chi connectivity index (χ1) is 10.1. The van der Waals surface area contributed by atoms with Crippen LogP contribution in [-0.2, 0) is 27.2 Å². The first kappa shape index (κ1) is 15.8. The van der Waals surface area contributed by atoms with E-state index in [1.165, 1.54) is 7.11 Å². The maximum Gasteiger partial charge on any atom is 0.338 e. The summed E-state index contributed by atoms with van der Waals surface area (Å²) < 4.78 is 16.2. The molecule has 0 aromatic heterocycles. The van der Waals surface area contributed by atoms with E-state index < -0.39 is 5.60 Å². The zero-order valence-electron chi connectivity index (χ0n) is 12.7. The Morgan fingerprint density at radius 1 is 1.48 bits per heavy atom. The lowest BCUT2D eigenvalue weighted by Gasteiger charge is -2.25. The minimum atomic E-state index is -0.853. The third kappa shape index (κ3) is 3.36. The molecule has 2 N–H and O–H groups in total. The van der Waals surface area contributed by atoms with Crippen molar-refractivity contribution in [3.63, 3.8) is 0 Å². The molecule has 5 nitrogen and oxygen atoms in total. The second-order valence-electron chi connectivity index (χ2n) is 5.19. The lowest BCUT2D eigenvalue weighted by atomic mass is 9.91. The largest absolute Gasteiger partial charge is 0.494 e. The monoisotopic (exact) mass is 293 g/mol. The number of rotatable bonds is 6. The number of benzene rings is 1. The molecule has 1 aliphatic heterocycles. The third-order valence-corrected chi connectivity index (χ3v) is 3.80. The molecule has 0 radical (unpaired) electrons. The van der Waals surface area contributed by atoms with Crippen molar-refractivity contribution in [2.45, 2.75) is 38.3 Å². The van der Waals surface area contributed by atoms with Gasteiger partial charge in [0, 0.05) is 25.1 Å². The maximum absolute atomic E-state index is 12.1. The van der Waals surface area contributed by atoms with Crippen LogP contribution in [-0.4, -0.2) is 31.9 Å². The van der Waals surface area contributed by atoms with E-state index >= 15 is 0 Å². The molecule has 0 bridgehead atoms. The van der Waals surface area contributed by atoms with E-state index in [0.29, 0.717) is 32.6 Å². The first-order valence-electron chi connectivity index (χ1n) is 7.32. The SMILES string of the molecule is CCOc1ccc(CC2(C(=O)OC)CCCO2)cc1CN. The van der Waals surface area contributed by atoms with Gasteiger partial charge >= 0.3 is 5.97 Å². The molecular weight excluding hydrogens is 270 g/mol. The summed E-state index contributed by atoms with van der Waals surface area (Å²) in [6, 6.07) is 5.84. The van der Waals surface area contributed by atoms with Gasteiger partial charge in [0.05, 0.1) is 13.7 Å². The second kappa shape index (κ2) is 6.91. The normalized spacial score (nSPS) is 21.3. The molecule has 1 aliphatic rings. The van der Waals surface area contributed by atoms with Gasteiger partial charge in [0.15, 0.2) is 5.60 Å². The number of esters is 1. The Bertz CT molecular complexity index is 495. The van der Waals surface area contributed by atoms with Crippen LogP contribution in [0.1, 0.15) is 30.9 Å². The lowest BCUT2D eigenvalue weighted by Crippen LogP contribution is -2.41. The van der Waals surface area contributed by atoms with Crippen LogP contribution in [0.15, 0.2) is 18.2 Å². The van der Waals surface area contributed by atoms with E-state index in [1.54, 1.807) is 0 Å². The molecule has 1 aromatic rings. The fourth-order valence-corrected chi connectivity index (χ4v) is 2.78. The van der Waals surface area contributed by atoms with Gasteiger partial charge < -0.3 is 19.9 Å². The second-order valence-corrected chi connectivity index (χ2v) is 5.19. The Morgan fingerprint density at radius 2 is 2.29 bits per heavy atom. The number of nitrogens with two attached hydrogens (primary N) is 1. The smallest absolute Gasteiger partial charge is 0.338 e. The van der Waals surface area contributed by atoms with Gasteiger partial charge in [0.2, 0.25) is 0 Å². The summed E-state index contributed by atoms with van der Waals surface area (Å²) in [6.45, 7) is 3.53. The van der Waals surface area contributed by atoms with Crippen LogP contribution < -0.4 is 10.5 Å².